The lowest BCUT2D eigenvalue weighted by molar-refractivity contribution is 0.101. The molecule has 3 N–H and O–H groups in total. The zero-order chi connectivity index (χ0) is 13.0. The van der Waals surface area contributed by atoms with Gasteiger partial charge >= 0.3 is 0 Å². The standard InChI is InChI=1S/C10H11N5O3/c1-2-17-7-4-3-6(5-12-7)13-10(16)8-9(11)15-18-14-8/h3-5H,2H2,1H3,(H2,11,15)(H,13,16). The van der Waals surface area contributed by atoms with E-state index in [4.69, 9.17) is 10.5 Å². The number of nitrogens with zero attached hydrogens (tertiary/aromatic N) is 3. The van der Waals surface area contributed by atoms with Gasteiger partial charge in [-0.2, -0.15) is 0 Å². The van der Waals surface area contributed by atoms with Crippen molar-refractivity contribution in [1.29, 1.82) is 0 Å². The molecule has 0 unspecified atom stereocenters. The maximum absolute atomic E-state index is 11.7. The Bertz CT molecular complexity index is 537. The van der Waals surface area contributed by atoms with Crippen molar-refractivity contribution in [3.05, 3.63) is 24.0 Å². The number of pyridine rings is 1. The minimum absolute atomic E-state index is 0.0635. The number of carbonyl (C=O) groups excluding carboxylic acids is 1. The Morgan fingerprint density at radius 3 is 2.89 bits per heavy atom. The van der Waals surface area contributed by atoms with E-state index in [-0.39, 0.29) is 11.5 Å². The first-order valence-corrected chi connectivity index (χ1v) is 5.19. The predicted octanol–water partition coefficient (Wildman–Crippen LogP) is 0.698. The molecule has 8 heteroatoms. The average molecular weight is 249 g/mol. The molecule has 0 radical (unpaired) electrons. The fourth-order valence-corrected chi connectivity index (χ4v) is 1.23. The number of aromatic nitrogens is 3. The third-order valence-corrected chi connectivity index (χ3v) is 2.02. The molecule has 0 saturated carbocycles. The zero-order valence-corrected chi connectivity index (χ0v) is 9.58. The largest absolute Gasteiger partial charge is 0.478 e. The summed E-state index contributed by atoms with van der Waals surface area (Å²) in [4.78, 5) is 15.7. The SMILES string of the molecule is CCOc1ccc(NC(=O)c2nonc2N)cn1. The van der Waals surface area contributed by atoms with Crippen LogP contribution in [0.3, 0.4) is 0 Å². The zero-order valence-electron chi connectivity index (χ0n) is 9.58. The first-order chi connectivity index (χ1) is 8.70. The van der Waals surface area contributed by atoms with Crippen molar-refractivity contribution in [2.45, 2.75) is 6.92 Å². The van der Waals surface area contributed by atoms with E-state index in [2.05, 4.69) is 25.2 Å². The Morgan fingerprint density at radius 2 is 2.33 bits per heavy atom. The van der Waals surface area contributed by atoms with Crippen LogP contribution in [0.15, 0.2) is 23.0 Å². The van der Waals surface area contributed by atoms with Gasteiger partial charge in [0.15, 0.2) is 0 Å². The summed E-state index contributed by atoms with van der Waals surface area (Å²) in [5.41, 5.74) is 5.82. The number of amides is 1. The molecule has 0 aliphatic carbocycles. The van der Waals surface area contributed by atoms with Crippen molar-refractivity contribution in [3.63, 3.8) is 0 Å². The summed E-state index contributed by atoms with van der Waals surface area (Å²) in [6.45, 7) is 2.39. The van der Waals surface area contributed by atoms with Crippen LogP contribution in [-0.4, -0.2) is 27.8 Å². The van der Waals surface area contributed by atoms with Crippen molar-refractivity contribution in [1.82, 2.24) is 15.3 Å². The minimum atomic E-state index is -0.514. The van der Waals surface area contributed by atoms with Crippen molar-refractivity contribution in [2.24, 2.45) is 0 Å². The van der Waals surface area contributed by atoms with E-state index in [1.807, 2.05) is 6.92 Å². The number of hydrogen-bond donors (Lipinski definition) is 2. The van der Waals surface area contributed by atoms with Crippen molar-refractivity contribution in [3.8, 4) is 5.88 Å². The van der Waals surface area contributed by atoms with E-state index >= 15 is 0 Å². The second-order valence-electron chi connectivity index (χ2n) is 3.27. The van der Waals surface area contributed by atoms with Crippen LogP contribution in [0.2, 0.25) is 0 Å². The third-order valence-electron chi connectivity index (χ3n) is 2.02. The second-order valence-corrected chi connectivity index (χ2v) is 3.27. The molecular weight excluding hydrogens is 238 g/mol. The van der Waals surface area contributed by atoms with Crippen LogP contribution in [-0.2, 0) is 0 Å². The molecule has 0 atom stereocenters. The molecule has 18 heavy (non-hydrogen) atoms. The monoisotopic (exact) mass is 249 g/mol. The maximum Gasteiger partial charge on any atom is 0.281 e. The lowest BCUT2D eigenvalue weighted by atomic mass is 10.3. The normalized spacial score (nSPS) is 10.1. The average Bonchev–Trinajstić information content (AvgIpc) is 2.78. The second kappa shape index (κ2) is 5.13. The molecule has 0 aliphatic rings. The molecule has 0 aliphatic heterocycles. The van der Waals surface area contributed by atoms with E-state index in [1.165, 1.54) is 6.20 Å². The maximum atomic E-state index is 11.7. The van der Waals surface area contributed by atoms with Crippen LogP contribution in [0, 0.1) is 0 Å². The van der Waals surface area contributed by atoms with Crippen molar-refractivity contribution in [2.75, 3.05) is 17.7 Å². The van der Waals surface area contributed by atoms with Gasteiger partial charge in [0.25, 0.3) is 5.91 Å². The molecule has 2 aromatic heterocycles. The third kappa shape index (κ3) is 2.54. The molecular formula is C10H11N5O3. The lowest BCUT2D eigenvalue weighted by Crippen LogP contribution is -2.14. The number of nitrogens with two attached hydrogens (primary N) is 1. The summed E-state index contributed by atoms with van der Waals surface area (Å²) >= 11 is 0. The topological polar surface area (TPSA) is 116 Å². The smallest absolute Gasteiger partial charge is 0.281 e. The fourth-order valence-electron chi connectivity index (χ4n) is 1.23. The van der Waals surface area contributed by atoms with Gasteiger partial charge in [0.2, 0.25) is 17.4 Å². The van der Waals surface area contributed by atoms with Gasteiger partial charge in [-0.25, -0.2) is 9.61 Å². The van der Waals surface area contributed by atoms with E-state index in [1.54, 1.807) is 12.1 Å². The highest BCUT2D eigenvalue weighted by Gasteiger charge is 2.16. The molecule has 94 valence electrons. The van der Waals surface area contributed by atoms with Crippen LogP contribution in [0.4, 0.5) is 11.5 Å². The van der Waals surface area contributed by atoms with Gasteiger partial charge in [0.1, 0.15) is 0 Å². The van der Waals surface area contributed by atoms with Gasteiger partial charge < -0.3 is 15.8 Å². The lowest BCUT2D eigenvalue weighted by Gasteiger charge is -2.04. The van der Waals surface area contributed by atoms with Crippen molar-refractivity contribution < 1.29 is 14.2 Å². The summed E-state index contributed by atoms with van der Waals surface area (Å²) in [7, 11) is 0. The number of nitrogens with one attached hydrogen (secondary N) is 1. The summed E-state index contributed by atoms with van der Waals surface area (Å²) in [6.07, 6.45) is 1.46. The first kappa shape index (κ1) is 11.8. The Morgan fingerprint density at radius 1 is 1.50 bits per heavy atom. The van der Waals surface area contributed by atoms with Gasteiger partial charge in [-0.05, 0) is 23.3 Å². The molecule has 2 rings (SSSR count). The van der Waals surface area contributed by atoms with Crippen LogP contribution in [0.1, 0.15) is 17.4 Å². The molecule has 0 fully saturated rings. The van der Waals surface area contributed by atoms with Crippen molar-refractivity contribution >= 4 is 17.4 Å². The number of rotatable bonds is 4. The van der Waals surface area contributed by atoms with Crippen LogP contribution in [0.5, 0.6) is 5.88 Å². The Hall–Kier alpha value is -2.64. The van der Waals surface area contributed by atoms with E-state index in [0.29, 0.717) is 18.2 Å². The number of carbonyl (C=O) groups is 1. The number of anilines is 2. The highest BCUT2D eigenvalue weighted by Crippen LogP contribution is 2.13. The summed E-state index contributed by atoms with van der Waals surface area (Å²) < 4.78 is 9.51. The van der Waals surface area contributed by atoms with Gasteiger partial charge in [-0.1, -0.05) is 0 Å². The van der Waals surface area contributed by atoms with Gasteiger partial charge in [-0.15, -0.1) is 0 Å². The molecule has 0 spiro atoms. The summed E-state index contributed by atoms with van der Waals surface area (Å²) in [6, 6.07) is 3.29. The van der Waals surface area contributed by atoms with E-state index < -0.39 is 5.91 Å². The Balaban J connectivity index is 2.05. The first-order valence-electron chi connectivity index (χ1n) is 5.19. The van der Waals surface area contributed by atoms with Gasteiger partial charge in [-0.3, -0.25) is 4.79 Å². The quantitative estimate of drug-likeness (QED) is 0.818. The fraction of sp³-hybridized carbons (Fsp3) is 0.200. The molecule has 2 aromatic rings. The summed E-state index contributed by atoms with van der Waals surface area (Å²) in [5, 5.41) is 9.26. The number of hydrogen-bond acceptors (Lipinski definition) is 7. The van der Waals surface area contributed by atoms with E-state index in [0.717, 1.165) is 0 Å². The Labute approximate surface area is 102 Å². The summed E-state index contributed by atoms with van der Waals surface area (Å²) in [5.74, 6) is -0.0933. The number of nitrogen functional groups attached to an aromatic ring is 1. The van der Waals surface area contributed by atoms with Crippen LogP contribution >= 0.6 is 0 Å². The van der Waals surface area contributed by atoms with E-state index in [9.17, 15) is 4.79 Å². The highest BCUT2D eigenvalue weighted by molar-refractivity contribution is 6.05. The molecule has 1 amide bonds. The highest BCUT2D eigenvalue weighted by atomic mass is 16.6. The van der Waals surface area contributed by atoms with Gasteiger partial charge in [0.05, 0.1) is 18.5 Å². The van der Waals surface area contributed by atoms with Crippen LogP contribution in [0.25, 0.3) is 0 Å². The minimum Gasteiger partial charge on any atom is -0.478 e. The molecule has 0 bridgehead atoms. The molecule has 2 heterocycles. The van der Waals surface area contributed by atoms with Crippen LogP contribution < -0.4 is 15.8 Å². The predicted molar refractivity (Wildman–Crippen MR) is 62.1 cm³/mol. The Kier molecular flexibility index (Phi) is 3.37. The molecule has 0 aromatic carbocycles. The van der Waals surface area contributed by atoms with Gasteiger partial charge in [0, 0.05) is 6.07 Å². The molecule has 0 saturated heterocycles. The number of ether oxygens (including phenoxy) is 1. The molecule has 8 nitrogen and oxygen atoms in total.